The summed E-state index contributed by atoms with van der Waals surface area (Å²) < 4.78 is 0. The Balaban J connectivity index is 1.63. The number of nitrogens with zero attached hydrogens (tertiary/aromatic N) is 2. The molecule has 0 saturated heterocycles. The number of hydrogen-bond donors (Lipinski definition) is 1. The van der Waals surface area contributed by atoms with Gasteiger partial charge in [-0.2, -0.15) is 17.0 Å². The Hall–Kier alpha value is -2.63. The average molecular weight is 440 g/mol. The van der Waals surface area contributed by atoms with Crippen LogP contribution in [0.5, 0.6) is 0 Å². The van der Waals surface area contributed by atoms with Crippen LogP contribution in [0.1, 0.15) is 56.0 Å². The molecule has 0 fully saturated rings. The van der Waals surface area contributed by atoms with E-state index in [4.69, 9.17) is 0 Å². The summed E-state index contributed by atoms with van der Waals surface area (Å²) in [6.07, 6.45) is 6.15. The zero-order valence-corrected chi connectivity index (χ0v) is 18.2. The molecule has 1 aromatic carbocycles. The highest BCUT2D eigenvalue weighted by Gasteiger charge is 2.42. The van der Waals surface area contributed by atoms with Crippen LogP contribution in [0.4, 0.5) is 5.00 Å². The molecule has 2 aliphatic rings. The Kier molecular flexibility index (Phi) is 5.93. The van der Waals surface area contributed by atoms with E-state index in [-0.39, 0.29) is 0 Å². The normalized spacial score (nSPS) is 16.1. The third-order valence-electron chi connectivity index (χ3n) is 5.56. The molecule has 0 bridgehead atoms. The first-order valence-corrected chi connectivity index (χ1v) is 12.1. The van der Waals surface area contributed by atoms with Gasteiger partial charge in [0.05, 0.1) is 16.7 Å². The fourth-order valence-corrected chi connectivity index (χ4v) is 5.77. The summed E-state index contributed by atoms with van der Waals surface area (Å²) in [4.78, 5) is 41.3. The Labute approximate surface area is 183 Å². The van der Waals surface area contributed by atoms with Crippen molar-refractivity contribution >= 4 is 45.8 Å². The highest BCUT2D eigenvalue weighted by molar-refractivity contribution is 7.98. The van der Waals surface area contributed by atoms with Crippen molar-refractivity contribution in [2.75, 3.05) is 17.3 Å². The standard InChI is InChI=1S/C22H21N3O3S2/c1-29-11-10-17(25-21(27)14-7-2-3-8-15(14)22(25)28)19(26)24-20-16(12-23)13-6-4-5-9-18(13)30-20/h2-3,7-8,17H,4-6,9-11H2,1H3,(H,24,26)/t17-/m0/s1. The zero-order valence-electron chi connectivity index (χ0n) is 16.6. The summed E-state index contributed by atoms with van der Waals surface area (Å²) in [5, 5.41) is 13.1. The minimum absolute atomic E-state index is 0.328. The molecular weight excluding hydrogens is 418 g/mol. The number of thioether (sulfide) groups is 1. The summed E-state index contributed by atoms with van der Waals surface area (Å²) in [6.45, 7) is 0. The lowest BCUT2D eigenvalue weighted by atomic mass is 9.96. The number of fused-ring (bicyclic) bond motifs is 2. The molecule has 0 radical (unpaired) electrons. The summed E-state index contributed by atoms with van der Waals surface area (Å²) in [5.74, 6) is -0.684. The molecule has 1 N–H and O–H groups in total. The van der Waals surface area contributed by atoms with E-state index in [0.29, 0.717) is 33.9 Å². The highest BCUT2D eigenvalue weighted by Crippen LogP contribution is 2.38. The number of nitriles is 1. The van der Waals surface area contributed by atoms with E-state index in [1.165, 1.54) is 11.3 Å². The molecule has 1 aromatic heterocycles. The van der Waals surface area contributed by atoms with E-state index < -0.39 is 23.8 Å². The second-order valence-electron chi connectivity index (χ2n) is 7.34. The predicted molar refractivity (Wildman–Crippen MR) is 118 cm³/mol. The van der Waals surface area contributed by atoms with Gasteiger partial charge >= 0.3 is 0 Å². The number of hydrogen-bond acceptors (Lipinski definition) is 6. The molecule has 154 valence electrons. The highest BCUT2D eigenvalue weighted by atomic mass is 32.2. The first kappa shape index (κ1) is 20.6. The van der Waals surface area contributed by atoms with Gasteiger partial charge in [-0.05, 0) is 61.8 Å². The van der Waals surface area contributed by atoms with E-state index in [2.05, 4.69) is 11.4 Å². The lowest BCUT2D eigenvalue weighted by Crippen LogP contribution is -2.47. The van der Waals surface area contributed by atoms with E-state index in [1.54, 1.807) is 36.0 Å². The van der Waals surface area contributed by atoms with Crippen molar-refractivity contribution in [2.24, 2.45) is 0 Å². The third kappa shape index (κ3) is 3.53. The Morgan fingerprint density at radius 2 is 1.90 bits per heavy atom. The van der Waals surface area contributed by atoms with Crippen molar-refractivity contribution in [1.29, 1.82) is 5.26 Å². The second-order valence-corrected chi connectivity index (χ2v) is 9.43. The number of anilines is 1. The molecule has 0 unspecified atom stereocenters. The van der Waals surface area contributed by atoms with Gasteiger partial charge in [0.15, 0.2) is 0 Å². The molecule has 4 rings (SSSR count). The number of carbonyl (C=O) groups is 3. The second kappa shape index (κ2) is 8.62. The summed E-state index contributed by atoms with van der Waals surface area (Å²) in [6, 6.07) is 7.95. The fourth-order valence-electron chi connectivity index (χ4n) is 4.07. The smallest absolute Gasteiger partial charge is 0.262 e. The molecular formula is C22H21N3O3S2. The van der Waals surface area contributed by atoms with Crippen LogP contribution in [0.25, 0.3) is 0 Å². The first-order valence-electron chi connectivity index (χ1n) is 9.88. The van der Waals surface area contributed by atoms with Gasteiger partial charge < -0.3 is 5.32 Å². The van der Waals surface area contributed by atoms with E-state index in [0.717, 1.165) is 41.0 Å². The van der Waals surface area contributed by atoms with Crippen molar-refractivity contribution < 1.29 is 14.4 Å². The maximum absolute atomic E-state index is 13.3. The van der Waals surface area contributed by atoms with Gasteiger partial charge in [-0.1, -0.05) is 12.1 Å². The quantitative estimate of drug-likeness (QED) is 0.691. The van der Waals surface area contributed by atoms with Crippen LogP contribution < -0.4 is 5.32 Å². The molecule has 2 aromatic rings. The molecule has 1 atom stereocenters. The topological polar surface area (TPSA) is 90.3 Å². The van der Waals surface area contributed by atoms with Gasteiger partial charge in [0.2, 0.25) is 5.91 Å². The Morgan fingerprint density at radius 1 is 1.23 bits per heavy atom. The van der Waals surface area contributed by atoms with E-state index in [1.807, 2.05) is 6.26 Å². The van der Waals surface area contributed by atoms with Gasteiger partial charge in [-0.25, -0.2) is 0 Å². The molecule has 1 aliphatic carbocycles. The maximum Gasteiger partial charge on any atom is 0.262 e. The minimum Gasteiger partial charge on any atom is -0.315 e. The number of imide groups is 1. The summed E-state index contributed by atoms with van der Waals surface area (Å²) in [7, 11) is 0. The number of aryl methyl sites for hydroxylation is 1. The van der Waals surface area contributed by atoms with Gasteiger partial charge in [0.1, 0.15) is 17.1 Å². The molecule has 30 heavy (non-hydrogen) atoms. The Morgan fingerprint density at radius 3 is 2.53 bits per heavy atom. The molecule has 2 heterocycles. The van der Waals surface area contributed by atoms with Crippen LogP contribution in [0.15, 0.2) is 24.3 Å². The number of benzene rings is 1. The lowest BCUT2D eigenvalue weighted by Gasteiger charge is -2.25. The van der Waals surface area contributed by atoms with Crippen molar-refractivity contribution in [3.05, 3.63) is 51.4 Å². The van der Waals surface area contributed by atoms with Crippen molar-refractivity contribution in [1.82, 2.24) is 4.90 Å². The molecule has 3 amide bonds. The number of nitrogens with one attached hydrogen (secondary N) is 1. The fraction of sp³-hybridized carbons (Fsp3) is 0.364. The van der Waals surface area contributed by atoms with Crippen LogP contribution in [0.2, 0.25) is 0 Å². The van der Waals surface area contributed by atoms with Crippen LogP contribution in [0, 0.1) is 11.3 Å². The zero-order chi connectivity index (χ0) is 21.3. The number of carbonyl (C=O) groups excluding carboxylic acids is 3. The van der Waals surface area contributed by atoms with Crippen molar-refractivity contribution in [2.45, 2.75) is 38.1 Å². The minimum atomic E-state index is -0.921. The molecule has 0 saturated carbocycles. The van der Waals surface area contributed by atoms with E-state index >= 15 is 0 Å². The molecule has 1 aliphatic heterocycles. The van der Waals surface area contributed by atoms with Gasteiger partial charge in [0, 0.05) is 4.88 Å². The summed E-state index contributed by atoms with van der Waals surface area (Å²) >= 11 is 2.99. The van der Waals surface area contributed by atoms with Crippen molar-refractivity contribution in [3.63, 3.8) is 0 Å². The predicted octanol–water partition coefficient (Wildman–Crippen LogP) is 3.85. The summed E-state index contributed by atoms with van der Waals surface area (Å²) in [5.41, 5.74) is 2.21. The van der Waals surface area contributed by atoms with Crippen LogP contribution >= 0.6 is 23.1 Å². The van der Waals surface area contributed by atoms with Gasteiger partial charge in [-0.15, -0.1) is 11.3 Å². The SMILES string of the molecule is CSCC[C@@H](C(=O)Nc1sc2c(c1C#N)CCCC2)N1C(=O)c2ccccc2C1=O. The number of amides is 3. The molecule has 8 heteroatoms. The van der Waals surface area contributed by atoms with Gasteiger partial charge in [-0.3, -0.25) is 19.3 Å². The molecule has 0 spiro atoms. The number of rotatable bonds is 6. The average Bonchev–Trinajstić information content (AvgIpc) is 3.23. The number of thiophene rings is 1. The van der Waals surface area contributed by atoms with Gasteiger partial charge in [0.25, 0.3) is 11.8 Å². The van der Waals surface area contributed by atoms with Crippen LogP contribution in [-0.4, -0.2) is 40.7 Å². The van der Waals surface area contributed by atoms with E-state index in [9.17, 15) is 19.6 Å². The monoisotopic (exact) mass is 439 g/mol. The lowest BCUT2D eigenvalue weighted by molar-refractivity contribution is -0.120. The first-order chi connectivity index (χ1) is 14.6. The maximum atomic E-state index is 13.3. The van der Waals surface area contributed by atoms with Crippen LogP contribution in [-0.2, 0) is 17.6 Å². The molecule has 6 nitrogen and oxygen atoms in total. The Bertz CT molecular complexity index is 1040. The third-order valence-corrected chi connectivity index (χ3v) is 7.41. The van der Waals surface area contributed by atoms with Crippen molar-refractivity contribution in [3.8, 4) is 6.07 Å². The largest absolute Gasteiger partial charge is 0.315 e. The van der Waals surface area contributed by atoms with Crippen LogP contribution in [0.3, 0.4) is 0 Å².